The Morgan fingerprint density at radius 3 is 2.26 bits per heavy atom. The molecule has 0 fully saturated rings. The molecule has 0 amide bonds. The maximum Gasteiger partial charge on any atom is 0.339 e. The Morgan fingerprint density at radius 2 is 1.51 bits per heavy atom. The molecule has 4 aromatic rings. The van der Waals surface area contributed by atoms with Gasteiger partial charge in [0.25, 0.3) is 0 Å². The summed E-state index contributed by atoms with van der Waals surface area (Å²) >= 11 is 1.38. The van der Waals surface area contributed by atoms with Gasteiger partial charge in [-0.1, -0.05) is 42.5 Å². The van der Waals surface area contributed by atoms with Gasteiger partial charge in [-0.3, -0.25) is 9.59 Å². The fourth-order valence-corrected chi connectivity index (χ4v) is 4.91. The second-order valence-corrected chi connectivity index (χ2v) is 8.55. The van der Waals surface area contributed by atoms with Gasteiger partial charge in [-0.05, 0) is 18.2 Å². The Balaban J connectivity index is 1.38. The summed E-state index contributed by atoms with van der Waals surface area (Å²) in [5.74, 6) is -0.212. The minimum atomic E-state index is -0.698. The normalized spacial score (nSPS) is 12.1. The van der Waals surface area contributed by atoms with E-state index in [0.717, 1.165) is 5.56 Å². The number of carbonyl (C=O) groups excluding carboxylic acids is 3. The smallest absolute Gasteiger partial charge is 0.339 e. The van der Waals surface area contributed by atoms with Crippen molar-refractivity contribution < 1.29 is 28.6 Å². The van der Waals surface area contributed by atoms with E-state index in [1.54, 1.807) is 62.1 Å². The van der Waals surface area contributed by atoms with E-state index in [4.69, 9.17) is 14.2 Å². The lowest BCUT2D eigenvalue weighted by atomic mass is 9.82. The molecule has 1 aromatic heterocycles. The zero-order chi connectivity index (χ0) is 24.5. The third-order valence-corrected chi connectivity index (χ3v) is 6.63. The molecule has 7 nitrogen and oxygen atoms in total. The number of nitrogens with zero attached hydrogens (tertiary/aromatic N) is 1. The van der Waals surface area contributed by atoms with Crippen molar-refractivity contribution in [2.24, 2.45) is 0 Å². The van der Waals surface area contributed by atoms with Crippen LogP contribution in [0.3, 0.4) is 0 Å². The van der Waals surface area contributed by atoms with Crippen LogP contribution in [0.25, 0.3) is 10.6 Å². The molecule has 3 aromatic carbocycles. The monoisotopic (exact) mass is 485 g/mol. The van der Waals surface area contributed by atoms with Crippen LogP contribution in [0, 0.1) is 0 Å². The Kier molecular flexibility index (Phi) is 5.88. The predicted octanol–water partition coefficient (Wildman–Crippen LogP) is 4.96. The van der Waals surface area contributed by atoms with Crippen LogP contribution in [-0.2, 0) is 11.3 Å². The van der Waals surface area contributed by atoms with Crippen LogP contribution in [0.2, 0.25) is 0 Å². The van der Waals surface area contributed by atoms with E-state index in [9.17, 15) is 14.4 Å². The molecular formula is C27H19NO6S. The van der Waals surface area contributed by atoms with E-state index in [0.29, 0.717) is 27.8 Å². The van der Waals surface area contributed by atoms with Gasteiger partial charge in [-0.25, -0.2) is 9.78 Å². The van der Waals surface area contributed by atoms with Crippen molar-refractivity contribution in [3.05, 3.63) is 99.6 Å². The van der Waals surface area contributed by atoms with Gasteiger partial charge in [0.2, 0.25) is 0 Å². The van der Waals surface area contributed by atoms with Crippen LogP contribution in [-0.4, -0.2) is 36.7 Å². The number of fused-ring (bicyclic) bond motifs is 2. The molecule has 35 heavy (non-hydrogen) atoms. The van der Waals surface area contributed by atoms with Crippen molar-refractivity contribution in [1.29, 1.82) is 0 Å². The van der Waals surface area contributed by atoms with Crippen LogP contribution in [0.4, 0.5) is 0 Å². The first-order chi connectivity index (χ1) is 17.0. The minimum Gasteiger partial charge on any atom is -0.493 e. The third-order valence-electron chi connectivity index (χ3n) is 5.71. The number of ketones is 2. The van der Waals surface area contributed by atoms with Crippen LogP contribution in [0.1, 0.15) is 47.9 Å². The first kappa shape index (κ1) is 22.5. The lowest BCUT2D eigenvalue weighted by molar-refractivity contribution is 0.0466. The van der Waals surface area contributed by atoms with Crippen LogP contribution in [0.5, 0.6) is 11.5 Å². The molecule has 0 radical (unpaired) electrons. The number of thiazole rings is 1. The van der Waals surface area contributed by atoms with E-state index >= 15 is 0 Å². The number of carbonyl (C=O) groups is 3. The topological polar surface area (TPSA) is 91.8 Å². The van der Waals surface area contributed by atoms with E-state index in [1.807, 2.05) is 12.1 Å². The van der Waals surface area contributed by atoms with E-state index < -0.39 is 5.97 Å². The van der Waals surface area contributed by atoms with Gasteiger partial charge < -0.3 is 14.2 Å². The fourth-order valence-electron chi connectivity index (χ4n) is 4.08. The highest BCUT2D eigenvalue weighted by Crippen LogP contribution is 2.39. The zero-order valence-corrected chi connectivity index (χ0v) is 19.7. The summed E-state index contributed by atoms with van der Waals surface area (Å²) in [5, 5.41) is 2.47. The molecule has 1 aliphatic carbocycles. The fraction of sp³-hybridized carbons (Fsp3) is 0.111. The maximum atomic E-state index is 13.1. The second kappa shape index (κ2) is 9.15. The lowest BCUT2D eigenvalue weighted by Crippen LogP contribution is -2.24. The lowest BCUT2D eigenvalue weighted by Gasteiger charge is -2.19. The van der Waals surface area contributed by atoms with Crippen molar-refractivity contribution in [2.45, 2.75) is 6.61 Å². The number of rotatable bonds is 6. The van der Waals surface area contributed by atoms with Crippen molar-refractivity contribution in [3.63, 3.8) is 0 Å². The molecule has 0 saturated heterocycles. The highest BCUT2D eigenvalue weighted by molar-refractivity contribution is 7.13. The summed E-state index contributed by atoms with van der Waals surface area (Å²) in [5.41, 5.74) is 2.24. The van der Waals surface area contributed by atoms with Gasteiger partial charge >= 0.3 is 5.97 Å². The molecule has 0 bridgehead atoms. The quantitative estimate of drug-likeness (QED) is 0.314. The molecule has 174 valence electrons. The summed E-state index contributed by atoms with van der Waals surface area (Å²) in [6.45, 7) is -0.0932. The maximum absolute atomic E-state index is 13.1. The number of hydrogen-bond donors (Lipinski definition) is 0. The van der Waals surface area contributed by atoms with Gasteiger partial charge in [0.15, 0.2) is 23.1 Å². The molecule has 0 unspecified atom stereocenters. The summed E-state index contributed by atoms with van der Waals surface area (Å²) in [6.07, 6.45) is 0. The highest BCUT2D eigenvalue weighted by Gasteiger charge is 2.33. The molecule has 1 heterocycles. The molecule has 0 atom stereocenters. The summed E-state index contributed by atoms with van der Waals surface area (Å²) in [7, 11) is 3.12. The second-order valence-electron chi connectivity index (χ2n) is 7.69. The predicted molar refractivity (Wildman–Crippen MR) is 130 cm³/mol. The Morgan fingerprint density at radius 1 is 0.829 bits per heavy atom. The first-order valence-electron chi connectivity index (χ1n) is 10.7. The van der Waals surface area contributed by atoms with Crippen LogP contribution in [0.15, 0.2) is 66.0 Å². The number of ether oxygens (including phenoxy) is 3. The molecule has 8 heteroatoms. The molecular weight excluding hydrogens is 466 g/mol. The van der Waals surface area contributed by atoms with Crippen molar-refractivity contribution in [1.82, 2.24) is 4.98 Å². The standard InChI is InChI=1S/C27H19NO6S/c1-32-21-12-6-11-20(25(21)33-2)26-28-15(14-35-26)13-34-27(31)19-10-5-9-18-22(19)24(30)17-8-4-3-7-16(17)23(18)29/h3-12,14H,13H2,1-2H3. The SMILES string of the molecule is COc1cccc(-c2nc(COC(=O)c3cccc4c3C(=O)c3ccccc3C4=O)cs2)c1OC. The molecule has 0 aliphatic heterocycles. The average molecular weight is 486 g/mol. The van der Waals surface area contributed by atoms with E-state index in [-0.39, 0.29) is 40.4 Å². The molecule has 0 saturated carbocycles. The van der Waals surface area contributed by atoms with E-state index in [2.05, 4.69) is 4.98 Å². The highest BCUT2D eigenvalue weighted by atomic mass is 32.1. The molecule has 0 N–H and O–H groups in total. The number of aromatic nitrogens is 1. The summed E-state index contributed by atoms with van der Waals surface area (Å²) in [6, 6.07) is 16.7. The number of para-hydroxylation sites is 1. The number of benzene rings is 3. The van der Waals surface area contributed by atoms with Gasteiger partial charge in [0.05, 0.1) is 31.0 Å². The Labute approximate surface area is 204 Å². The van der Waals surface area contributed by atoms with Gasteiger partial charge in [-0.2, -0.15) is 0 Å². The number of hydrogen-bond acceptors (Lipinski definition) is 8. The number of methoxy groups -OCH3 is 2. The summed E-state index contributed by atoms with van der Waals surface area (Å²) < 4.78 is 16.3. The van der Waals surface area contributed by atoms with Gasteiger partial charge in [0.1, 0.15) is 11.6 Å². The largest absolute Gasteiger partial charge is 0.493 e. The molecule has 0 spiro atoms. The van der Waals surface area contributed by atoms with Crippen molar-refractivity contribution in [2.75, 3.05) is 14.2 Å². The van der Waals surface area contributed by atoms with Crippen LogP contribution < -0.4 is 9.47 Å². The number of esters is 1. The molecule has 5 rings (SSSR count). The van der Waals surface area contributed by atoms with Gasteiger partial charge in [0, 0.05) is 27.6 Å². The Bertz CT molecular complexity index is 1490. The van der Waals surface area contributed by atoms with Crippen LogP contribution >= 0.6 is 11.3 Å². The first-order valence-corrected chi connectivity index (χ1v) is 11.6. The van der Waals surface area contributed by atoms with Crippen molar-refractivity contribution >= 4 is 28.9 Å². The van der Waals surface area contributed by atoms with E-state index in [1.165, 1.54) is 17.4 Å². The average Bonchev–Trinajstić information content (AvgIpc) is 3.38. The molecule has 1 aliphatic rings. The third kappa shape index (κ3) is 3.87. The zero-order valence-electron chi connectivity index (χ0n) is 18.9. The van der Waals surface area contributed by atoms with Gasteiger partial charge in [-0.15, -0.1) is 11.3 Å². The minimum absolute atomic E-state index is 0.0558. The summed E-state index contributed by atoms with van der Waals surface area (Å²) in [4.78, 5) is 43.6. The Hall–Kier alpha value is -4.30. The van der Waals surface area contributed by atoms with Crippen molar-refractivity contribution in [3.8, 4) is 22.1 Å².